The fourth-order valence-corrected chi connectivity index (χ4v) is 2.79. The highest BCUT2D eigenvalue weighted by atomic mass is 14.9. The van der Waals surface area contributed by atoms with Crippen molar-refractivity contribution in [2.45, 2.75) is 33.2 Å². The second kappa shape index (κ2) is 6.25. The molecule has 1 aliphatic heterocycles. The molecule has 1 aliphatic rings. The van der Waals surface area contributed by atoms with Gasteiger partial charge in [-0.05, 0) is 18.1 Å². The summed E-state index contributed by atoms with van der Waals surface area (Å²) in [6.07, 6.45) is 1.84. The Bertz CT molecular complexity index is 711. The molecule has 0 aliphatic carbocycles. The molecule has 0 fully saturated rings. The van der Waals surface area contributed by atoms with Crippen LogP contribution < -0.4 is 5.32 Å². The molecular weight excluding hydrogens is 272 g/mol. The summed E-state index contributed by atoms with van der Waals surface area (Å²) in [6, 6.07) is 9.82. The first-order chi connectivity index (χ1) is 10.7. The van der Waals surface area contributed by atoms with E-state index in [-0.39, 0.29) is 0 Å². The summed E-state index contributed by atoms with van der Waals surface area (Å²) in [7, 11) is 0. The predicted molar refractivity (Wildman–Crippen MR) is 86.1 cm³/mol. The first-order valence-corrected chi connectivity index (χ1v) is 7.77. The monoisotopic (exact) mass is 292 g/mol. The zero-order valence-corrected chi connectivity index (χ0v) is 13.1. The molecule has 2 aromatic rings. The Morgan fingerprint density at radius 2 is 2.00 bits per heavy atom. The van der Waals surface area contributed by atoms with Crippen molar-refractivity contribution in [1.29, 1.82) is 5.26 Å². The average molecular weight is 292 g/mol. The smallest absolute Gasteiger partial charge is 0.129 e. The zero-order valence-electron chi connectivity index (χ0n) is 13.1. The van der Waals surface area contributed by atoms with Gasteiger partial charge in [-0.3, -0.25) is 0 Å². The Hall–Kier alpha value is -2.25. The minimum absolute atomic E-state index is 0.536. The van der Waals surface area contributed by atoms with Crippen LogP contribution in [0.15, 0.2) is 24.3 Å². The molecule has 1 aromatic heterocycles. The van der Waals surface area contributed by atoms with Crippen molar-refractivity contribution in [2.24, 2.45) is 5.92 Å². The van der Waals surface area contributed by atoms with Crippen LogP contribution in [0.25, 0.3) is 11.3 Å². The van der Waals surface area contributed by atoms with E-state index in [9.17, 15) is 0 Å². The molecule has 3 rings (SSSR count). The van der Waals surface area contributed by atoms with E-state index in [4.69, 9.17) is 15.2 Å². The summed E-state index contributed by atoms with van der Waals surface area (Å²) < 4.78 is 0. The van der Waals surface area contributed by atoms with Crippen LogP contribution in [0, 0.1) is 17.2 Å². The second-order valence-electron chi connectivity index (χ2n) is 6.13. The molecule has 4 heteroatoms. The molecular formula is C18H20N4. The third kappa shape index (κ3) is 3.00. The molecule has 4 nitrogen and oxygen atoms in total. The highest BCUT2D eigenvalue weighted by Crippen LogP contribution is 2.26. The molecule has 0 bridgehead atoms. The SMILES string of the molecule is CC(C)Cc1nc2c(c(-c3ccc(C#N)cc3)n1)CNCC2. The Labute approximate surface area is 131 Å². The Kier molecular flexibility index (Phi) is 4.17. The van der Waals surface area contributed by atoms with Gasteiger partial charge in [0.25, 0.3) is 0 Å². The minimum atomic E-state index is 0.536. The topological polar surface area (TPSA) is 61.6 Å². The van der Waals surface area contributed by atoms with E-state index in [0.29, 0.717) is 11.5 Å². The standard InChI is InChI=1S/C18H20N4/c1-12(2)9-17-21-16-7-8-20-11-15(16)18(22-17)14-5-3-13(10-19)4-6-14/h3-6,12,20H,7-9,11H2,1-2H3. The summed E-state index contributed by atoms with van der Waals surface area (Å²) in [5.41, 5.74) is 5.11. The van der Waals surface area contributed by atoms with Crippen molar-refractivity contribution in [3.05, 3.63) is 46.9 Å². The molecule has 0 amide bonds. The van der Waals surface area contributed by atoms with E-state index in [0.717, 1.165) is 43.0 Å². The van der Waals surface area contributed by atoms with Crippen LogP contribution in [0.4, 0.5) is 0 Å². The maximum atomic E-state index is 8.95. The van der Waals surface area contributed by atoms with Crippen LogP contribution in [0.1, 0.15) is 36.5 Å². The van der Waals surface area contributed by atoms with Gasteiger partial charge in [-0.25, -0.2) is 9.97 Å². The maximum Gasteiger partial charge on any atom is 0.129 e. The van der Waals surface area contributed by atoms with Crippen LogP contribution in [0.5, 0.6) is 0 Å². The van der Waals surface area contributed by atoms with Gasteiger partial charge in [0.2, 0.25) is 0 Å². The van der Waals surface area contributed by atoms with E-state index >= 15 is 0 Å². The van der Waals surface area contributed by atoms with Gasteiger partial charge in [0.15, 0.2) is 0 Å². The van der Waals surface area contributed by atoms with Crippen LogP contribution in [-0.4, -0.2) is 16.5 Å². The molecule has 112 valence electrons. The largest absolute Gasteiger partial charge is 0.312 e. The van der Waals surface area contributed by atoms with Gasteiger partial charge in [0.05, 0.1) is 23.0 Å². The van der Waals surface area contributed by atoms with Gasteiger partial charge in [-0.15, -0.1) is 0 Å². The van der Waals surface area contributed by atoms with Gasteiger partial charge in [0.1, 0.15) is 5.82 Å². The van der Waals surface area contributed by atoms with Gasteiger partial charge >= 0.3 is 0 Å². The molecule has 0 radical (unpaired) electrons. The van der Waals surface area contributed by atoms with Crippen molar-refractivity contribution in [3.8, 4) is 17.3 Å². The van der Waals surface area contributed by atoms with Gasteiger partial charge in [-0.2, -0.15) is 5.26 Å². The summed E-state index contributed by atoms with van der Waals surface area (Å²) in [5.74, 6) is 1.46. The number of nitriles is 1. The number of nitrogens with zero attached hydrogens (tertiary/aromatic N) is 3. The van der Waals surface area contributed by atoms with Crippen molar-refractivity contribution in [2.75, 3.05) is 6.54 Å². The van der Waals surface area contributed by atoms with Crippen molar-refractivity contribution < 1.29 is 0 Å². The molecule has 0 atom stereocenters. The number of rotatable bonds is 3. The van der Waals surface area contributed by atoms with E-state index in [1.54, 1.807) is 0 Å². The third-order valence-corrected chi connectivity index (χ3v) is 3.86. The van der Waals surface area contributed by atoms with Crippen molar-refractivity contribution in [1.82, 2.24) is 15.3 Å². The normalized spacial score (nSPS) is 13.7. The molecule has 1 N–H and O–H groups in total. The van der Waals surface area contributed by atoms with Crippen LogP contribution >= 0.6 is 0 Å². The fourth-order valence-electron chi connectivity index (χ4n) is 2.79. The molecule has 0 unspecified atom stereocenters. The molecule has 0 saturated carbocycles. The number of aromatic nitrogens is 2. The lowest BCUT2D eigenvalue weighted by Gasteiger charge is -2.20. The van der Waals surface area contributed by atoms with E-state index in [2.05, 4.69) is 25.2 Å². The summed E-state index contributed by atoms with van der Waals surface area (Å²) in [5, 5.41) is 12.4. The summed E-state index contributed by atoms with van der Waals surface area (Å²) >= 11 is 0. The lowest BCUT2D eigenvalue weighted by atomic mass is 9.99. The number of fused-ring (bicyclic) bond motifs is 1. The van der Waals surface area contributed by atoms with Crippen molar-refractivity contribution >= 4 is 0 Å². The molecule has 1 aromatic carbocycles. The number of benzene rings is 1. The van der Waals surface area contributed by atoms with E-state index in [1.165, 1.54) is 11.3 Å². The van der Waals surface area contributed by atoms with Gasteiger partial charge in [0, 0.05) is 37.1 Å². The van der Waals surface area contributed by atoms with E-state index in [1.807, 2.05) is 24.3 Å². The molecule has 22 heavy (non-hydrogen) atoms. The Morgan fingerprint density at radius 1 is 1.23 bits per heavy atom. The van der Waals surface area contributed by atoms with Crippen molar-refractivity contribution in [3.63, 3.8) is 0 Å². The second-order valence-corrected chi connectivity index (χ2v) is 6.13. The van der Waals surface area contributed by atoms with Crippen LogP contribution in [0.3, 0.4) is 0 Å². The number of nitrogens with one attached hydrogen (secondary N) is 1. The number of hydrogen-bond donors (Lipinski definition) is 1. The highest BCUT2D eigenvalue weighted by molar-refractivity contribution is 5.65. The van der Waals surface area contributed by atoms with Gasteiger partial charge < -0.3 is 5.32 Å². The predicted octanol–water partition coefficient (Wildman–Crippen LogP) is 2.86. The van der Waals surface area contributed by atoms with Crippen LogP contribution in [-0.2, 0) is 19.4 Å². The Morgan fingerprint density at radius 3 is 2.68 bits per heavy atom. The first kappa shape index (κ1) is 14.7. The van der Waals surface area contributed by atoms with Gasteiger partial charge in [-0.1, -0.05) is 26.0 Å². The molecule has 0 saturated heterocycles. The van der Waals surface area contributed by atoms with E-state index < -0.39 is 0 Å². The number of hydrogen-bond acceptors (Lipinski definition) is 4. The quantitative estimate of drug-likeness (QED) is 0.945. The summed E-state index contributed by atoms with van der Waals surface area (Å²) in [4.78, 5) is 9.59. The average Bonchev–Trinajstić information content (AvgIpc) is 2.53. The third-order valence-electron chi connectivity index (χ3n) is 3.86. The summed E-state index contributed by atoms with van der Waals surface area (Å²) in [6.45, 7) is 6.15. The zero-order chi connectivity index (χ0) is 15.5. The fraction of sp³-hybridized carbons (Fsp3) is 0.389. The lowest BCUT2D eigenvalue weighted by Crippen LogP contribution is -2.26. The highest BCUT2D eigenvalue weighted by Gasteiger charge is 2.19. The maximum absolute atomic E-state index is 8.95. The Balaban J connectivity index is 2.09. The minimum Gasteiger partial charge on any atom is -0.312 e. The first-order valence-electron chi connectivity index (χ1n) is 7.77. The lowest BCUT2D eigenvalue weighted by molar-refractivity contribution is 0.593. The molecule has 0 spiro atoms. The van der Waals surface area contributed by atoms with Crippen LogP contribution in [0.2, 0.25) is 0 Å². The molecule has 2 heterocycles.